The van der Waals surface area contributed by atoms with Crippen molar-refractivity contribution >= 4 is 33.0 Å². The number of rotatable bonds is 7. The summed E-state index contributed by atoms with van der Waals surface area (Å²) >= 11 is 0. The monoisotopic (exact) mass is 408 g/mol. The number of nitrogens with zero attached hydrogens (tertiary/aromatic N) is 1. The molecule has 154 valence electrons. The third kappa shape index (κ3) is 4.84. The van der Waals surface area contributed by atoms with E-state index in [0.717, 1.165) is 25.7 Å². The number of hydrogen-bond acceptors (Lipinski definition) is 5. The van der Waals surface area contributed by atoms with Gasteiger partial charge in [0, 0.05) is 25.1 Å². The summed E-state index contributed by atoms with van der Waals surface area (Å²) in [5.74, 6) is 0.132. The molecule has 7 nitrogen and oxygen atoms in total. The average Bonchev–Trinajstić information content (AvgIpc) is 3.23. The van der Waals surface area contributed by atoms with Crippen LogP contribution in [0.1, 0.15) is 51.4 Å². The van der Waals surface area contributed by atoms with Gasteiger partial charge in [-0.3, -0.25) is 9.59 Å². The lowest BCUT2D eigenvalue weighted by Crippen LogP contribution is -2.35. The Hall–Kier alpha value is -2.09. The van der Waals surface area contributed by atoms with Crippen molar-refractivity contribution in [3.8, 4) is 5.75 Å². The Kier molecular flexibility index (Phi) is 6.59. The fourth-order valence-electron chi connectivity index (χ4n) is 3.91. The van der Waals surface area contributed by atoms with Crippen LogP contribution in [0.4, 0.5) is 11.4 Å². The van der Waals surface area contributed by atoms with Crippen LogP contribution >= 0.6 is 0 Å². The highest BCUT2D eigenvalue weighted by atomic mass is 32.2. The molecule has 0 radical (unpaired) electrons. The molecule has 0 bridgehead atoms. The van der Waals surface area contributed by atoms with Crippen molar-refractivity contribution in [3.63, 3.8) is 0 Å². The second kappa shape index (κ2) is 8.94. The average molecular weight is 409 g/mol. The van der Waals surface area contributed by atoms with E-state index in [2.05, 4.69) is 5.32 Å². The predicted molar refractivity (Wildman–Crippen MR) is 108 cm³/mol. The number of nitrogens with one attached hydrogen (secondary N) is 1. The third-order valence-corrected chi connectivity index (χ3v) is 7.76. The molecule has 1 aliphatic heterocycles. The molecule has 2 amide bonds. The molecule has 1 heterocycles. The molecule has 8 heteroatoms. The zero-order chi connectivity index (χ0) is 20.1. The smallest absolute Gasteiger partial charge is 0.227 e. The van der Waals surface area contributed by atoms with Crippen molar-refractivity contribution in [3.05, 3.63) is 18.2 Å². The molecule has 1 saturated heterocycles. The molecule has 2 fully saturated rings. The van der Waals surface area contributed by atoms with Gasteiger partial charge in [-0.15, -0.1) is 0 Å². The Bertz CT molecular complexity index is 831. The van der Waals surface area contributed by atoms with Crippen molar-refractivity contribution in [1.82, 2.24) is 0 Å². The first-order valence-corrected chi connectivity index (χ1v) is 11.6. The summed E-state index contributed by atoms with van der Waals surface area (Å²) in [6, 6.07) is 5.12. The van der Waals surface area contributed by atoms with E-state index in [1.54, 1.807) is 30.2 Å². The molecule has 0 unspecified atom stereocenters. The summed E-state index contributed by atoms with van der Waals surface area (Å²) in [7, 11) is -1.68. The van der Waals surface area contributed by atoms with E-state index in [1.807, 2.05) is 0 Å². The number of amides is 2. The SMILES string of the molecule is COc1ccc(NC(=O)CCS(=O)(=O)C2CCCC2)cc1N1CCCCC1=O. The van der Waals surface area contributed by atoms with Gasteiger partial charge in [-0.05, 0) is 43.9 Å². The van der Waals surface area contributed by atoms with Gasteiger partial charge in [-0.25, -0.2) is 8.42 Å². The number of benzene rings is 1. The van der Waals surface area contributed by atoms with Crippen LogP contribution in [0.5, 0.6) is 5.75 Å². The number of sulfone groups is 1. The van der Waals surface area contributed by atoms with Gasteiger partial charge in [-0.2, -0.15) is 0 Å². The molecular weight excluding hydrogens is 380 g/mol. The summed E-state index contributed by atoms with van der Waals surface area (Å²) in [6.07, 6.45) is 5.53. The Labute approximate surface area is 166 Å². The Morgan fingerprint density at radius 1 is 1.21 bits per heavy atom. The van der Waals surface area contributed by atoms with Crippen molar-refractivity contribution in [2.24, 2.45) is 0 Å². The summed E-state index contributed by atoms with van der Waals surface area (Å²) in [5, 5.41) is 2.46. The summed E-state index contributed by atoms with van der Waals surface area (Å²) < 4.78 is 30.0. The number of methoxy groups -OCH3 is 1. The molecule has 1 saturated carbocycles. The Morgan fingerprint density at radius 3 is 2.64 bits per heavy atom. The first kappa shape index (κ1) is 20.6. The quantitative estimate of drug-likeness (QED) is 0.749. The largest absolute Gasteiger partial charge is 0.495 e. The number of hydrogen-bond donors (Lipinski definition) is 1. The lowest BCUT2D eigenvalue weighted by Gasteiger charge is -2.28. The van der Waals surface area contributed by atoms with E-state index >= 15 is 0 Å². The van der Waals surface area contributed by atoms with Gasteiger partial charge in [0.05, 0.1) is 23.8 Å². The second-order valence-electron chi connectivity index (χ2n) is 7.46. The van der Waals surface area contributed by atoms with Crippen LogP contribution in [0.15, 0.2) is 18.2 Å². The van der Waals surface area contributed by atoms with Crippen molar-refractivity contribution in [2.75, 3.05) is 29.6 Å². The van der Waals surface area contributed by atoms with Crippen molar-refractivity contribution < 1.29 is 22.7 Å². The van der Waals surface area contributed by atoms with Crippen LogP contribution in [0.3, 0.4) is 0 Å². The Balaban J connectivity index is 1.65. The fraction of sp³-hybridized carbons (Fsp3) is 0.600. The molecule has 0 atom stereocenters. The van der Waals surface area contributed by atoms with Crippen LogP contribution in [-0.2, 0) is 19.4 Å². The minimum absolute atomic E-state index is 0.0377. The minimum atomic E-state index is -3.22. The highest BCUT2D eigenvalue weighted by molar-refractivity contribution is 7.92. The van der Waals surface area contributed by atoms with E-state index in [0.29, 0.717) is 42.9 Å². The molecule has 1 aromatic carbocycles. The maximum Gasteiger partial charge on any atom is 0.227 e. The predicted octanol–water partition coefficient (Wildman–Crippen LogP) is 2.90. The summed E-state index contributed by atoms with van der Waals surface area (Å²) in [6.45, 7) is 0.617. The lowest BCUT2D eigenvalue weighted by molar-refractivity contribution is -0.119. The molecule has 2 aliphatic rings. The van der Waals surface area contributed by atoms with Crippen LogP contribution in [0, 0.1) is 0 Å². The molecule has 28 heavy (non-hydrogen) atoms. The highest BCUT2D eigenvalue weighted by Crippen LogP contribution is 2.33. The molecule has 1 aromatic rings. The standard InChI is InChI=1S/C20H28N2O5S/c1-27-18-10-9-15(14-17(18)22-12-5-4-8-20(22)24)21-19(23)11-13-28(25,26)16-6-2-3-7-16/h9-10,14,16H,2-8,11-13H2,1H3,(H,21,23). The first-order chi connectivity index (χ1) is 13.4. The first-order valence-electron chi connectivity index (χ1n) is 9.90. The van der Waals surface area contributed by atoms with E-state index in [9.17, 15) is 18.0 Å². The fourth-order valence-corrected chi connectivity index (χ4v) is 5.77. The van der Waals surface area contributed by atoms with E-state index < -0.39 is 9.84 Å². The van der Waals surface area contributed by atoms with Crippen LogP contribution in [0.2, 0.25) is 0 Å². The number of ether oxygens (including phenoxy) is 1. The molecule has 0 spiro atoms. The number of carbonyl (C=O) groups is 2. The van der Waals surface area contributed by atoms with Crippen LogP contribution in [-0.4, -0.2) is 44.9 Å². The van der Waals surface area contributed by atoms with E-state index in [1.165, 1.54) is 0 Å². The zero-order valence-corrected chi connectivity index (χ0v) is 17.1. The maximum atomic E-state index is 12.3. The van der Waals surface area contributed by atoms with Gasteiger partial charge in [0.25, 0.3) is 0 Å². The lowest BCUT2D eigenvalue weighted by atomic mass is 10.1. The number of anilines is 2. The maximum absolute atomic E-state index is 12.3. The highest BCUT2D eigenvalue weighted by Gasteiger charge is 2.29. The Morgan fingerprint density at radius 2 is 1.96 bits per heavy atom. The third-order valence-electron chi connectivity index (χ3n) is 5.50. The van der Waals surface area contributed by atoms with Crippen molar-refractivity contribution in [2.45, 2.75) is 56.6 Å². The molecule has 0 aromatic heterocycles. The molecule has 1 aliphatic carbocycles. The number of piperidine rings is 1. The van der Waals surface area contributed by atoms with Gasteiger partial charge >= 0.3 is 0 Å². The van der Waals surface area contributed by atoms with Gasteiger partial charge in [-0.1, -0.05) is 12.8 Å². The molecule has 1 N–H and O–H groups in total. The van der Waals surface area contributed by atoms with E-state index in [-0.39, 0.29) is 29.2 Å². The second-order valence-corrected chi connectivity index (χ2v) is 9.86. The van der Waals surface area contributed by atoms with Gasteiger partial charge in [0.1, 0.15) is 5.75 Å². The normalized spacial score (nSPS) is 18.3. The topological polar surface area (TPSA) is 92.8 Å². The summed E-state index contributed by atoms with van der Waals surface area (Å²) in [5.41, 5.74) is 1.15. The van der Waals surface area contributed by atoms with Gasteiger partial charge in [0.15, 0.2) is 9.84 Å². The van der Waals surface area contributed by atoms with Gasteiger partial charge in [0.2, 0.25) is 11.8 Å². The van der Waals surface area contributed by atoms with Gasteiger partial charge < -0.3 is 15.0 Å². The molecular formula is C20H28N2O5S. The molecule has 3 rings (SSSR count). The minimum Gasteiger partial charge on any atom is -0.495 e. The summed E-state index contributed by atoms with van der Waals surface area (Å²) in [4.78, 5) is 26.2. The van der Waals surface area contributed by atoms with Crippen molar-refractivity contribution in [1.29, 1.82) is 0 Å². The van der Waals surface area contributed by atoms with Crippen LogP contribution < -0.4 is 15.0 Å². The van der Waals surface area contributed by atoms with E-state index in [4.69, 9.17) is 4.74 Å². The number of carbonyl (C=O) groups excluding carboxylic acids is 2. The van der Waals surface area contributed by atoms with Crippen LogP contribution in [0.25, 0.3) is 0 Å². The zero-order valence-electron chi connectivity index (χ0n) is 16.3.